The van der Waals surface area contributed by atoms with Crippen molar-refractivity contribution in [3.63, 3.8) is 0 Å². The molecular formula is C7H18N2O3S. The number of nitrogens with two attached hydrogens (primary N) is 1. The highest BCUT2D eigenvalue weighted by atomic mass is 32.2. The summed E-state index contributed by atoms with van der Waals surface area (Å²) in [5.41, 5.74) is -0.495. The first kappa shape index (κ1) is 12.8. The van der Waals surface area contributed by atoms with Crippen LogP contribution in [0.4, 0.5) is 0 Å². The highest BCUT2D eigenvalue weighted by Crippen LogP contribution is 2.07. The summed E-state index contributed by atoms with van der Waals surface area (Å²) in [6.07, 6.45) is -0.548. The quantitative estimate of drug-likeness (QED) is 0.544. The van der Waals surface area contributed by atoms with Crippen LogP contribution in [0, 0.1) is 0 Å². The SMILES string of the molecule is CC(O)C(C)(C)NCCS(N)(=O)=O. The van der Waals surface area contributed by atoms with Crippen LogP contribution in [0.3, 0.4) is 0 Å². The first-order valence-corrected chi connectivity index (χ1v) is 5.80. The van der Waals surface area contributed by atoms with Crippen LogP contribution < -0.4 is 10.5 Å². The third kappa shape index (κ3) is 5.98. The van der Waals surface area contributed by atoms with Gasteiger partial charge >= 0.3 is 0 Å². The van der Waals surface area contributed by atoms with E-state index < -0.39 is 21.7 Å². The predicted octanol–water partition coefficient (Wildman–Crippen LogP) is -0.976. The van der Waals surface area contributed by atoms with Crippen molar-refractivity contribution in [3.8, 4) is 0 Å². The molecule has 0 aromatic heterocycles. The molecule has 0 saturated carbocycles. The van der Waals surface area contributed by atoms with Crippen LogP contribution in [0.15, 0.2) is 0 Å². The van der Waals surface area contributed by atoms with Crippen LogP contribution in [0.25, 0.3) is 0 Å². The fourth-order valence-electron chi connectivity index (χ4n) is 0.663. The molecular weight excluding hydrogens is 192 g/mol. The first-order chi connectivity index (χ1) is 5.65. The van der Waals surface area contributed by atoms with Crippen molar-refractivity contribution >= 4 is 10.0 Å². The lowest BCUT2D eigenvalue weighted by Gasteiger charge is -2.29. The van der Waals surface area contributed by atoms with E-state index in [0.717, 1.165) is 0 Å². The standard InChI is InChI=1S/C7H18N2O3S/c1-6(10)7(2,3)9-4-5-13(8,11)12/h6,9-10H,4-5H2,1-3H3,(H2,8,11,12). The number of hydrogen-bond acceptors (Lipinski definition) is 4. The number of primary sulfonamides is 1. The molecule has 0 radical (unpaired) electrons. The minimum atomic E-state index is -3.42. The van der Waals surface area contributed by atoms with Gasteiger partial charge in [0.2, 0.25) is 10.0 Å². The Morgan fingerprint density at radius 3 is 2.31 bits per heavy atom. The molecule has 5 nitrogen and oxygen atoms in total. The molecule has 0 aliphatic heterocycles. The second-order valence-electron chi connectivity index (χ2n) is 3.69. The third-order valence-corrected chi connectivity index (χ3v) is 2.78. The summed E-state index contributed by atoms with van der Waals surface area (Å²) in [6, 6.07) is 0. The molecule has 0 spiro atoms. The number of aliphatic hydroxyl groups is 1. The van der Waals surface area contributed by atoms with E-state index in [1.165, 1.54) is 0 Å². The van der Waals surface area contributed by atoms with Crippen LogP contribution in [0.2, 0.25) is 0 Å². The van der Waals surface area contributed by atoms with Crippen molar-refractivity contribution in [1.29, 1.82) is 0 Å². The van der Waals surface area contributed by atoms with E-state index in [0.29, 0.717) is 0 Å². The van der Waals surface area contributed by atoms with E-state index in [9.17, 15) is 13.5 Å². The van der Waals surface area contributed by atoms with Crippen molar-refractivity contribution in [2.24, 2.45) is 5.14 Å². The normalized spacial score (nSPS) is 15.8. The molecule has 0 bridgehead atoms. The van der Waals surface area contributed by atoms with Gasteiger partial charge in [0, 0.05) is 12.1 Å². The van der Waals surface area contributed by atoms with Gasteiger partial charge in [0.25, 0.3) is 0 Å². The Labute approximate surface area is 79.4 Å². The van der Waals surface area contributed by atoms with E-state index in [-0.39, 0.29) is 12.3 Å². The summed E-state index contributed by atoms with van der Waals surface area (Å²) in [5, 5.41) is 17.0. The molecule has 0 aromatic carbocycles. The smallest absolute Gasteiger partial charge is 0.210 e. The first-order valence-electron chi connectivity index (χ1n) is 4.09. The van der Waals surface area contributed by atoms with Crippen LogP contribution in [0.1, 0.15) is 20.8 Å². The topological polar surface area (TPSA) is 92.4 Å². The second-order valence-corrected chi connectivity index (χ2v) is 5.43. The molecule has 0 aliphatic carbocycles. The maximum atomic E-state index is 10.6. The Morgan fingerprint density at radius 2 is 2.00 bits per heavy atom. The van der Waals surface area contributed by atoms with Gasteiger partial charge in [-0.25, -0.2) is 13.6 Å². The fraction of sp³-hybridized carbons (Fsp3) is 1.00. The maximum Gasteiger partial charge on any atom is 0.210 e. The van der Waals surface area contributed by atoms with Crippen molar-refractivity contribution in [1.82, 2.24) is 5.32 Å². The lowest BCUT2D eigenvalue weighted by atomic mass is 9.99. The Bertz CT molecular complexity index is 246. The summed E-state index contributed by atoms with van der Waals surface area (Å²) in [5.74, 6) is -0.122. The van der Waals surface area contributed by atoms with Crippen molar-refractivity contribution in [2.45, 2.75) is 32.4 Å². The van der Waals surface area contributed by atoms with Gasteiger partial charge in [-0.15, -0.1) is 0 Å². The lowest BCUT2D eigenvalue weighted by molar-refractivity contribution is 0.0983. The average molecular weight is 210 g/mol. The fourth-order valence-corrected chi connectivity index (χ4v) is 1.05. The van der Waals surface area contributed by atoms with Crippen LogP contribution in [-0.2, 0) is 10.0 Å². The van der Waals surface area contributed by atoms with Crippen molar-refractivity contribution in [3.05, 3.63) is 0 Å². The molecule has 13 heavy (non-hydrogen) atoms. The number of rotatable bonds is 5. The zero-order valence-corrected chi connectivity index (χ0v) is 9.06. The molecule has 0 rings (SSSR count). The van der Waals surface area contributed by atoms with Crippen LogP contribution >= 0.6 is 0 Å². The van der Waals surface area contributed by atoms with Crippen molar-refractivity contribution < 1.29 is 13.5 Å². The predicted molar refractivity (Wildman–Crippen MR) is 51.7 cm³/mol. The van der Waals surface area contributed by atoms with E-state index in [1.807, 2.05) is 0 Å². The van der Waals surface area contributed by atoms with Gasteiger partial charge in [0.1, 0.15) is 0 Å². The molecule has 0 heterocycles. The van der Waals surface area contributed by atoms with Gasteiger partial charge in [0.15, 0.2) is 0 Å². The Kier molecular flexibility index (Phi) is 4.31. The summed E-state index contributed by atoms with van der Waals surface area (Å²) in [7, 11) is -3.42. The van der Waals surface area contributed by atoms with Gasteiger partial charge < -0.3 is 10.4 Å². The summed E-state index contributed by atoms with van der Waals surface area (Å²) < 4.78 is 21.1. The van der Waals surface area contributed by atoms with Crippen molar-refractivity contribution in [2.75, 3.05) is 12.3 Å². The summed E-state index contributed by atoms with van der Waals surface area (Å²) in [4.78, 5) is 0. The summed E-state index contributed by atoms with van der Waals surface area (Å²) >= 11 is 0. The zero-order chi connectivity index (χ0) is 10.7. The molecule has 6 heteroatoms. The monoisotopic (exact) mass is 210 g/mol. The number of sulfonamides is 1. The van der Waals surface area contributed by atoms with Gasteiger partial charge in [0.05, 0.1) is 11.9 Å². The average Bonchev–Trinajstić information content (AvgIpc) is 1.82. The Morgan fingerprint density at radius 1 is 1.54 bits per heavy atom. The van der Waals surface area contributed by atoms with Gasteiger partial charge in [-0.3, -0.25) is 0 Å². The van der Waals surface area contributed by atoms with Gasteiger partial charge in [-0.05, 0) is 20.8 Å². The summed E-state index contributed by atoms with van der Waals surface area (Å²) in [6.45, 7) is 5.47. The largest absolute Gasteiger partial charge is 0.392 e. The van der Waals surface area contributed by atoms with Gasteiger partial charge in [-0.1, -0.05) is 0 Å². The van der Waals surface area contributed by atoms with E-state index in [1.54, 1.807) is 20.8 Å². The molecule has 0 saturated heterocycles. The molecule has 0 fully saturated rings. The second kappa shape index (κ2) is 4.36. The minimum Gasteiger partial charge on any atom is -0.392 e. The molecule has 0 amide bonds. The molecule has 4 N–H and O–H groups in total. The molecule has 1 atom stereocenters. The Hall–Kier alpha value is -0.170. The van der Waals surface area contributed by atoms with Crippen LogP contribution in [-0.4, -0.2) is 37.5 Å². The molecule has 0 aromatic rings. The molecule has 1 unspecified atom stereocenters. The highest BCUT2D eigenvalue weighted by molar-refractivity contribution is 7.89. The van der Waals surface area contributed by atoms with Gasteiger partial charge in [-0.2, -0.15) is 0 Å². The van der Waals surface area contributed by atoms with E-state index in [4.69, 9.17) is 5.14 Å². The van der Waals surface area contributed by atoms with E-state index in [2.05, 4.69) is 5.32 Å². The third-order valence-electron chi connectivity index (χ3n) is 2.01. The molecule has 0 aliphatic rings. The zero-order valence-electron chi connectivity index (χ0n) is 8.24. The number of aliphatic hydroxyl groups excluding tert-OH is 1. The minimum absolute atomic E-state index is 0.122. The number of hydrogen-bond donors (Lipinski definition) is 3. The molecule has 80 valence electrons. The van der Waals surface area contributed by atoms with Crippen LogP contribution in [0.5, 0.6) is 0 Å². The lowest BCUT2D eigenvalue weighted by Crippen LogP contribution is -2.49. The highest BCUT2D eigenvalue weighted by Gasteiger charge is 2.23. The maximum absolute atomic E-state index is 10.6. The Balaban J connectivity index is 3.90. The number of nitrogens with one attached hydrogen (secondary N) is 1. The van der Waals surface area contributed by atoms with E-state index >= 15 is 0 Å².